The predicted molar refractivity (Wildman–Crippen MR) is 79.6 cm³/mol. The highest BCUT2D eigenvalue weighted by Gasteiger charge is 2.59. The van der Waals surface area contributed by atoms with Crippen molar-refractivity contribution in [2.24, 2.45) is 0 Å². The van der Waals surface area contributed by atoms with Gasteiger partial charge in [-0.05, 0) is 31.3 Å². The number of rotatable bonds is 6. The Morgan fingerprint density at radius 1 is 1.05 bits per heavy atom. The van der Waals surface area contributed by atoms with Crippen LogP contribution in [0.2, 0.25) is 0 Å². The molecule has 2 heterocycles. The summed E-state index contributed by atoms with van der Waals surface area (Å²) in [7, 11) is 0. The molecule has 2 rings (SSSR count). The van der Waals surface area contributed by atoms with Crippen molar-refractivity contribution in [2.75, 3.05) is 24.6 Å². The second-order valence-corrected chi connectivity index (χ2v) is 5.78. The van der Waals surface area contributed by atoms with Crippen LogP contribution >= 0.6 is 25.3 Å². The van der Waals surface area contributed by atoms with Crippen LogP contribution in [-0.4, -0.2) is 58.3 Å². The van der Waals surface area contributed by atoms with Gasteiger partial charge in [-0.3, -0.25) is 9.80 Å². The normalized spacial score (nSPS) is 29.5. The topological polar surface area (TPSA) is 64.7 Å². The number of hydrogen-bond donors (Lipinski definition) is 4. The second kappa shape index (κ2) is 5.70. The van der Waals surface area contributed by atoms with Gasteiger partial charge in [0.25, 0.3) is 0 Å². The first kappa shape index (κ1) is 14.6. The van der Waals surface area contributed by atoms with Crippen molar-refractivity contribution in [3.8, 4) is 0 Å². The molecular weight excluding hydrogens is 284 g/mol. The van der Waals surface area contributed by atoms with Gasteiger partial charge < -0.3 is 10.6 Å². The molecular formula is C11H20N4O2S2. The fourth-order valence-corrected chi connectivity index (χ4v) is 2.98. The molecule has 8 heteroatoms. The van der Waals surface area contributed by atoms with E-state index in [1.807, 2.05) is 6.92 Å². The zero-order valence-electron chi connectivity index (χ0n) is 10.9. The molecule has 2 saturated heterocycles. The molecule has 0 radical (unpaired) electrons. The van der Waals surface area contributed by atoms with Crippen molar-refractivity contribution in [1.29, 1.82) is 0 Å². The summed E-state index contributed by atoms with van der Waals surface area (Å²) in [6.07, 6.45) is 1.24. The minimum atomic E-state index is -0.639. The molecule has 2 aliphatic heterocycles. The Morgan fingerprint density at radius 2 is 1.47 bits per heavy atom. The second-order valence-electron chi connectivity index (χ2n) is 4.88. The maximum Gasteiger partial charge on any atom is 0.321 e. The fourth-order valence-electron chi connectivity index (χ4n) is 2.69. The number of hydrogen-bond acceptors (Lipinski definition) is 4. The van der Waals surface area contributed by atoms with Crippen LogP contribution in [0.3, 0.4) is 0 Å². The minimum Gasteiger partial charge on any atom is -0.314 e. The van der Waals surface area contributed by atoms with Crippen LogP contribution in [0.25, 0.3) is 0 Å². The molecule has 6 nitrogen and oxygen atoms in total. The van der Waals surface area contributed by atoms with Crippen LogP contribution in [0.5, 0.6) is 0 Å². The van der Waals surface area contributed by atoms with Crippen molar-refractivity contribution in [3.63, 3.8) is 0 Å². The van der Waals surface area contributed by atoms with E-state index in [4.69, 9.17) is 0 Å². The summed E-state index contributed by atoms with van der Waals surface area (Å²) >= 11 is 8.36. The van der Waals surface area contributed by atoms with Gasteiger partial charge in [0, 0.05) is 13.1 Å². The molecule has 0 aliphatic carbocycles. The van der Waals surface area contributed by atoms with Gasteiger partial charge in [0.05, 0.1) is 0 Å². The fraction of sp³-hybridized carbons (Fsp3) is 0.818. The van der Waals surface area contributed by atoms with Gasteiger partial charge in [0.1, 0.15) is 6.17 Å². The lowest BCUT2D eigenvalue weighted by Crippen LogP contribution is -2.58. The number of thiol groups is 2. The first-order chi connectivity index (χ1) is 9.05. The first-order valence-corrected chi connectivity index (χ1v) is 7.70. The predicted octanol–water partition coefficient (Wildman–Crippen LogP) is 0.719. The number of carbonyl (C=O) groups excluding carboxylic acids is 2. The summed E-state index contributed by atoms with van der Waals surface area (Å²) < 4.78 is 0. The number of nitrogens with one attached hydrogen (secondary N) is 2. The Bertz CT molecular complexity index is 350. The van der Waals surface area contributed by atoms with E-state index in [0.29, 0.717) is 24.6 Å². The molecule has 0 spiro atoms. The van der Waals surface area contributed by atoms with Gasteiger partial charge in [0.15, 0.2) is 5.66 Å². The Hall–Kier alpha value is -0.760. The third-order valence-electron chi connectivity index (χ3n) is 3.75. The van der Waals surface area contributed by atoms with Gasteiger partial charge in [-0.1, -0.05) is 0 Å². The Kier molecular flexibility index (Phi) is 4.39. The summed E-state index contributed by atoms with van der Waals surface area (Å²) in [6, 6.07) is -0.268. The number of fused-ring (bicyclic) bond motifs is 1. The number of nitrogens with zero attached hydrogens (tertiary/aromatic N) is 2. The van der Waals surface area contributed by atoms with Gasteiger partial charge in [-0.25, -0.2) is 9.59 Å². The summed E-state index contributed by atoms with van der Waals surface area (Å²) in [4.78, 5) is 27.5. The third-order valence-corrected chi connectivity index (χ3v) is 4.38. The van der Waals surface area contributed by atoms with E-state index in [1.165, 1.54) is 0 Å². The Balaban J connectivity index is 2.20. The lowest BCUT2D eigenvalue weighted by Gasteiger charge is -2.39. The van der Waals surface area contributed by atoms with Crippen molar-refractivity contribution in [1.82, 2.24) is 20.4 Å². The lowest BCUT2D eigenvalue weighted by molar-refractivity contribution is 0.0462. The van der Waals surface area contributed by atoms with Gasteiger partial charge in [-0.2, -0.15) is 25.3 Å². The van der Waals surface area contributed by atoms with Crippen molar-refractivity contribution >= 4 is 37.3 Å². The highest BCUT2D eigenvalue weighted by atomic mass is 32.1. The van der Waals surface area contributed by atoms with Crippen LogP contribution in [0.4, 0.5) is 9.59 Å². The molecule has 0 unspecified atom stereocenters. The van der Waals surface area contributed by atoms with E-state index in [9.17, 15) is 9.59 Å². The van der Waals surface area contributed by atoms with Crippen LogP contribution < -0.4 is 10.6 Å². The van der Waals surface area contributed by atoms with Crippen LogP contribution in [-0.2, 0) is 0 Å². The van der Waals surface area contributed by atoms with Gasteiger partial charge >= 0.3 is 12.1 Å². The van der Waals surface area contributed by atoms with E-state index in [-0.39, 0.29) is 18.2 Å². The van der Waals surface area contributed by atoms with Crippen molar-refractivity contribution < 1.29 is 9.59 Å². The largest absolute Gasteiger partial charge is 0.321 e. The van der Waals surface area contributed by atoms with Gasteiger partial charge in [-0.15, -0.1) is 0 Å². The van der Waals surface area contributed by atoms with E-state index in [1.54, 1.807) is 9.80 Å². The first-order valence-electron chi connectivity index (χ1n) is 6.43. The molecule has 4 amide bonds. The zero-order chi connectivity index (χ0) is 14.0. The summed E-state index contributed by atoms with van der Waals surface area (Å²) in [5.74, 6) is 1.42. The molecule has 108 valence electrons. The molecule has 2 fully saturated rings. The smallest absolute Gasteiger partial charge is 0.314 e. The van der Waals surface area contributed by atoms with Crippen molar-refractivity contribution in [2.45, 2.75) is 31.6 Å². The van der Waals surface area contributed by atoms with E-state index in [2.05, 4.69) is 35.9 Å². The summed E-state index contributed by atoms with van der Waals surface area (Å²) in [6.45, 7) is 3.10. The monoisotopic (exact) mass is 304 g/mol. The summed E-state index contributed by atoms with van der Waals surface area (Å²) in [5, 5.41) is 5.64. The highest BCUT2D eigenvalue weighted by molar-refractivity contribution is 7.80. The molecule has 0 aromatic heterocycles. The molecule has 2 aliphatic rings. The highest BCUT2D eigenvalue weighted by Crippen LogP contribution is 2.33. The summed E-state index contributed by atoms with van der Waals surface area (Å²) in [5.41, 5.74) is -0.639. The third kappa shape index (κ3) is 2.35. The number of urea groups is 2. The maximum absolute atomic E-state index is 12.0. The number of amides is 4. The van der Waals surface area contributed by atoms with Crippen LogP contribution in [0, 0.1) is 0 Å². The number of carbonyl (C=O) groups is 2. The maximum atomic E-state index is 12.0. The Morgan fingerprint density at radius 3 is 1.84 bits per heavy atom. The molecule has 0 atom stereocenters. The molecule has 0 bridgehead atoms. The van der Waals surface area contributed by atoms with Crippen LogP contribution in [0.1, 0.15) is 19.8 Å². The average molecular weight is 304 g/mol. The molecule has 19 heavy (non-hydrogen) atoms. The quantitative estimate of drug-likeness (QED) is 0.546. The molecule has 2 N–H and O–H groups in total. The van der Waals surface area contributed by atoms with Crippen molar-refractivity contribution in [3.05, 3.63) is 0 Å². The Labute approximate surface area is 124 Å². The zero-order valence-corrected chi connectivity index (χ0v) is 12.7. The van der Waals surface area contributed by atoms with E-state index >= 15 is 0 Å². The van der Waals surface area contributed by atoms with E-state index < -0.39 is 5.66 Å². The standard InChI is InChI=1S/C11H20N4O2S2/c1-11-8(12-9(16)14(11)4-2-6-18)13-10(17)15(11)5-3-7-19/h8,18-19H,2-7H2,1H3,(H,12,16)(H,13,17). The van der Waals surface area contributed by atoms with Crippen LogP contribution in [0.15, 0.2) is 0 Å². The van der Waals surface area contributed by atoms with Gasteiger partial charge in [0.2, 0.25) is 0 Å². The molecule has 0 saturated carbocycles. The average Bonchev–Trinajstić information content (AvgIpc) is 2.73. The minimum absolute atomic E-state index is 0.134. The molecule has 0 aromatic rings. The lowest BCUT2D eigenvalue weighted by atomic mass is 10.1. The van der Waals surface area contributed by atoms with E-state index in [0.717, 1.165) is 12.8 Å². The SMILES string of the molecule is CC12C(NC(=O)N1CCCS)NC(=O)N2CCCS. The molecule has 0 aromatic carbocycles.